The Balaban J connectivity index is 2.02. The lowest BCUT2D eigenvalue weighted by atomic mass is 9.95. The Kier molecular flexibility index (Phi) is 13.0. The van der Waals surface area contributed by atoms with Crippen molar-refractivity contribution in [3.63, 3.8) is 0 Å². The van der Waals surface area contributed by atoms with Gasteiger partial charge in [-0.05, 0) is 30.7 Å². The number of aliphatic hydroxyl groups excluding tert-OH is 1. The molecule has 3 heteroatoms. The molecule has 1 aromatic carbocycles. The van der Waals surface area contributed by atoms with Gasteiger partial charge in [0.15, 0.2) is 0 Å². The summed E-state index contributed by atoms with van der Waals surface area (Å²) in [5.41, 5.74) is 1.02. The third-order valence-electron chi connectivity index (χ3n) is 4.71. The van der Waals surface area contributed by atoms with Crippen molar-refractivity contribution in [3.05, 3.63) is 35.9 Å². The van der Waals surface area contributed by atoms with Crippen LogP contribution >= 0.6 is 0 Å². The van der Waals surface area contributed by atoms with Gasteiger partial charge in [-0.15, -0.1) is 0 Å². The molecule has 1 atom stereocenters. The van der Waals surface area contributed by atoms with Crippen LogP contribution in [-0.4, -0.2) is 17.7 Å². The quantitative estimate of drug-likeness (QED) is 0.329. The Bertz CT molecular complexity index is 430. The maximum atomic E-state index is 11.8. The minimum Gasteiger partial charge on any atom is -0.461 e. The summed E-state index contributed by atoms with van der Waals surface area (Å²) in [6, 6.07) is 9.75. The lowest BCUT2D eigenvalue weighted by molar-refractivity contribution is -0.145. The van der Waals surface area contributed by atoms with E-state index in [9.17, 15) is 9.90 Å². The molecular formula is C22H36O3. The number of aliphatic hydroxyl groups is 1. The van der Waals surface area contributed by atoms with Crippen LogP contribution in [-0.2, 0) is 16.1 Å². The van der Waals surface area contributed by atoms with E-state index in [1.54, 1.807) is 0 Å². The summed E-state index contributed by atoms with van der Waals surface area (Å²) in [6.45, 7) is 2.82. The molecule has 142 valence electrons. The number of carbonyl (C=O) groups excluding carboxylic acids is 1. The van der Waals surface area contributed by atoms with E-state index in [4.69, 9.17) is 4.74 Å². The molecule has 0 heterocycles. The maximum absolute atomic E-state index is 11.8. The molecule has 0 aliphatic carbocycles. The van der Waals surface area contributed by atoms with Crippen LogP contribution in [0.3, 0.4) is 0 Å². The fourth-order valence-corrected chi connectivity index (χ4v) is 3.06. The molecule has 1 aromatic rings. The monoisotopic (exact) mass is 348 g/mol. The third-order valence-corrected chi connectivity index (χ3v) is 4.71. The van der Waals surface area contributed by atoms with Crippen molar-refractivity contribution < 1.29 is 14.6 Å². The van der Waals surface area contributed by atoms with E-state index < -0.39 is 0 Å². The number of carbonyl (C=O) groups is 1. The average Bonchev–Trinajstić information content (AvgIpc) is 2.65. The molecule has 0 aliphatic heterocycles. The molecule has 0 amide bonds. The van der Waals surface area contributed by atoms with Crippen molar-refractivity contribution >= 4 is 5.97 Å². The topological polar surface area (TPSA) is 46.5 Å². The van der Waals surface area contributed by atoms with Gasteiger partial charge in [-0.3, -0.25) is 4.79 Å². The smallest absolute Gasteiger partial charge is 0.306 e. The van der Waals surface area contributed by atoms with E-state index in [0.717, 1.165) is 24.8 Å². The van der Waals surface area contributed by atoms with Crippen LogP contribution in [0.5, 0.6) is 0 Å². The van der Waals surface area contributed by atoms with Gasteiger partial charge in [-0.2, -0.15) is 0 Å². The zero-order valence-electron chi connectivity index (χ0n) is 15.9. The number of benzene rings is 1. The first kappa shape index (κ1) is 21.7. The molecular weight excluding hydrogens is 312 g/mol. The van der Waals surface area contributed by atoms with E-state index >= 15 is 0 Å². The molecule has 1 unspecified atom stereocenters. The predicted octanol–water partition coefficient (Wildman–Crippen LogP) is 5.65. The van der Waals surface area contributed by atoms with Gasteiger partial charge in [-0.25, -0.2) is 0 Å². The van der Waals surface area contributed by atoms with E-state index in [-0.39, 0.29) is 12.6 Å². The SMILES string of the molecule is CCCCCCCCCC(CO)CCCC(=O)OCc1ccccc1. The van der Waals surface area contributed by atoms with Crippen LogP contribution < -0.4 is 0 Å². The Labute approximate surface area is 153 Å². The number of rotatable bonds is 15. The number of ether oxygens (including phenoxy) is 1. The third kappa shape index (κ3) is 11.8. The predicted molar refractivity (Wildman–Crippen MR) is 103 cm³/mol. The summed E-state index contributed by atoms with van der Waals surface area (Å²) in [7, 11) is 0. The van der Waals surface area contributed by atoms with Crippen molar-refractivity contribution in [2.24, 2.45) is 5.92 Å². The number of hydrogen-bond donors (Lipinski definition) is 1. The highest BCUT2D eigenvalue weighted by Crippen LogP contribution is 2.18. The molecule has 1 N–H and O–H groups in total. The number of unbranched alkanes of at least 4 members (excludes halogenated alkanes) is 6. The van der Waals surface area contributed by atoms with Crippen LogP contribution in [0.2, 0.25) is 0 Å². The Morgan fingerprint density at radius 3 is 2.28 bits per heavy atom. The fourth-order valence-electron chi connectivity index (χ4n) is 3.06. The summed E-state index contributed by atoms with van der Waals surface area (Å²) < 4.78 is 5.29. The highest BCUT2D eigenvalue weighted by atomic mass is 16.5. The molecule has 0 aliphatic rings. The molecule has 0 fully saturated rings. The normalized spacial score (nSPS) is 12.1. The minimum atomic E-state index is -0.142. The van der Waals surface area contributed by atoms with Crippen LogP contribution in [0.25, 0.3) is 0 Å². The van der Waals surface area contributed by atoms with Gasteiger partial charge >= 0.3 is 5.97 Å². The molecule has 0 radical (unpaired) electrons. The molecule has 3 nitrogen and oxygen atoms in total. The van der Waals surface area contributed by atoms with Crippen molar-refractivity contribution in [1.82, 2.24) is 0 Å². The lowest BCUT2D eigenvalue weighted by Gasteiger charge is -2.13. The molecule has 0 spiro atoms. The summed E-state index contributed by atoms with van der Waals surface area (Å²) in [5, 5.41) is 9.50. The van der Waals surface area contributed by atoms with E-state index in [2.05, 4.69) is 6.92 Å². The van der Waals surface area contributed by atoms with Crippen molar-refractivity contribution in [3.8, 4) is 0 Å². The number of esters is 1. The highest BCUT2D eigenvalue weighted by molar-refractivity contribution is 5.69. The number of hydrogen-bond acceptors (Lipinski definition) is 3. The highest BCUT2D eigenvalue weighted by Gasteiger charge is 2.10. The van der Waals surface area contributed by atoms with E-state index in [1.165, 1.54) is 44.9 Å². The van der Waals surface area contributed by atoms with Gasteiger partial charge in [0.25, 0.3) is 0 Å². The zero-order chi connectivity index (χ0) is 18.2. The van der Waals surface area contributed by atoms with Crippen LogP contribution in [0.1, 0.15) is 83.1 Å². The summed E-state index contributed by atoms with van der Waals surface area (Å²) in [6.07, 6.45) is 12.3. The molecule has 0 saturated carbocycles. The van der Waals surface area contributed by atoms with Gasteiger partial charge in [0.2, 0.25) is 0 Å². The Morgan fingerprint density at radius 1 is 0.960 bits per heavy atom. The van der Waals surface area contributed by atoms with Gasteiger partial charge < -0.3 is 9.84 Å². The summed E-state index contributed by atoms with van der Waals surface area (Å²) in [5.74, 6) is 0.189. The molecule has 25 heavy (non-hydrogen) atoms. The molecule has 0 saturated heterocycles. The van der Waals surface area contributed by atoms with Crippen LogP contribution in [0, 0.1) is 5.92 Å². The second-order valence-electron chi connectivity index (χ2n) is 7.00. The van der Waals surface area contributed by atoms with Gasteiger partial charge in [0.1, 0.15) is 6.61 Å². The maximum Gasteiger partial charge on any atom is 0.306 e. The van der Waals surface area contributed by atoms with E-state index in [0.29, 0.717) is 18.9 Å². The average molecular weight is 349 g/mol. The zero-order valence-corrected chi connectivity index (χ0v) is 15.9. The minimum absolute atomic E-state index is 0.142. The van der Waals surface area contributed by atoms with Crippen LogP contribution in [0.15, 0.2) is 30.3 Å². The Morgan fingerprint density at radius 2 is 1.60 bits per heavy atom. The summed E-state index contributed by atoms with van der Waals surface area (Å²) >= 11 is 0. The molecule has 0 bridgehead atoms. The van der Waals surface area contributed by atoms with Gasteiger partial charge in [0.05, 0.1) is 0 Å². The van der Waals surface area contributed by atoms with Crippen molar-refractivity contribution in [2.75, 3.05) is 6.61 Å². The summed E-state index contributed by atoms with van der Waals surface area (Å²) in [4.78, 5) is 11.8. The first-order valence-corrected chi connectivity index (χ1v) is 10.1. The standard InChI is InChI=1S/C22H36O3/c1-2-3-4-5-6-7-9-13-20(18-23)16-12-17-22(24)25-19-21-14-10-8-11-15-21/h8,10-11,14-15,20,23H,2-7,9,12-13,16-19H2,1H3. The lowest BCUT2D eigenvalue weighted by Crippen LogP contribution is -2.09. The van der Waals surface area contributed by atoms with Crippen LogP contribution in [0.4, 0.5) is 0 Å². The second kappa shape index (κ2) is 14.9. The first-order chi connectivity index (χ1) is 12.3. The Hall–Kier alpha value is -1.35. The second-order valence-corrected chi connectivity index (χ2v) is 7.00. The van der Waals surface area contributed by atoms with E-state index in [1.807, 2.05) is 30.3 Å². The van der Waals surface area contributed by atoms with Gasteiger partial charge in [0, 0.05) is 13.0 Å². The largest absolute Gasteiger partial charge is 0.461 e. The van der Waals surface area contributed by atoms with Crippen molar-refractivity contribution in [1.29, 1.82) is 0 Å². The fraction of sp³-hybridized carbons (Fsp3) is 0.682. The van der Waals surface area contributed by atoms with Crippen molar-refractivity contribution in [2.45, 2.75) is 84.2 Å². The first-order valence-electron chi connectivity index (χ1n) is 10.1. The molecule has 1 rings (SSSR count). The van der Waals surface area contributed by atoms with Gasteiger partial charge in [-0.1, -0.05) is 82.2 Å². The molecule has 0 aromatic heterocycles.